The van der Waals surface area contributed by atoms with Crippen molar-refractivity contribution >= 4 is 11.6 Å². The van der Waals surface area contributed by atoms with Gasteiger partial charge in [-0.15, -0.1) is 0 Å². The molecule has 1 aliphatic rings. The summed E-state index contributed by atoms with van der Waals surface area (Å²) >= 11 is 0. The number of amides is 1. The highest BCUT2D eigenvalue weighted by Gasteiger charge is 2.21. The average molecular weight is 323 g/mol. The van der Waals surface area contributed by atoms with Crippen molar-refractivity contribution in [1.29, 1.82) is 0 Å². The van der Waals surface area contributed by atoms with E-state index in [1.54, 1.807) is 6.07 Å². The van der Waals surface area contributed by atoms with Gasteiger partial charge in [0.15, 0.2) is 0 Å². The standard InChI is InChI=1S/C20H25N3O/c1-16-8-9-18(21)14-19(16)20(24)23-11-5-10-22(12-13-23)15-17-6-3-2-4-7-17/h2-4,6-9,14H,5,10-13,15,21H2,1H3. The number of rotatable bonds is 3. The van der Waals surface area contributed by atoms with Crippen LogP contribution in [-0.4, -0.2) is 41.9 Å². The molecule has 0 atom stereocenters. The summed E-state index contributed by atoms with van der Waals surface area (Å²) in [4.78, 5) is 17.2. The van der Waals surface area contributed by atoms with Crippen molar-refractivity contribution in [3.8, 4) is 0 Å². The molecule has 0 radical (unpaired) electrons. The number of benzene rings is 2. The second-order valence-electron chi connectivity index (χ2n) is 6.48. The van der Waals surface area contributed by atoms with Crippen molar-refractivity contribution in [3.63, 3.8) is 0 Å². The van der Waals surface area contributed by atoms with Crippen LogP contribution < -0.4 is 5.73 Å². The molecule has 1 saturated heterocycles. The van der Waals surface area contributed by atoms with E-state index in [1.807, 2.05) is 30.0 Å². The summed E-state index contributed by atoms with van der Waals surface area (Å²) in [6.07, 6.45) is 1.000. The summed E-state index contributed by atoms with van der Waals surface area (Å²) in [7, 11) is 0. The summed E-state index contributed by atoms with van der Waals surface area (Å²) in [6.45, 7) is 6.40. The molecule has 0 bridgehead atoms. The van der Waals surface area contributed by atoms with Gasteiger partial charge in [-0.05, 0) is 36.6 Å². The summed E-state index contributed by atoms with van der Waals surface area (Å²) in [6, 6.07) is 16.1. The Balaban J connectivity index is 1.65. The molecule has 1 amide bonds. The Bertz CT molecular complexity index is 699. The van der Waals surface area contributed by atoms with E-state index in [0.29, 0.717) is 5.69 Å². The van der Waals surface area contributed by atoms with E-state index in [0.717, 1.165) is 50.3 Å². The molecule has 2 aromatic rings. The summed E-state index contributed by atoms with van der Waals surface area (Å²) in [5, 5.41) is 0. The fraction of sp³-hybridized carbons (Fsp3) is 0.350. The molecule has 1 aliphatic heterocycles. The maximum absolute atomic E-state index is 12.8. The smallest absolute Gasteiger partial charge is 0.254 e. The van der Waals surface area contributed by atoms with Crippen LogP contribution in [0.2, 0.25) is 0 Å². The van der Waals surface area contributed by atoms with Gasteiger partial charge in [-0.1, -0.05) is 36.4 Å². The topological polar surface area (TPSA) is 49.6 Å². The van der Waals surface area contributed by atoms with Gasteiger partial charge in [0.1, 0.15) is 0 Å². The molecule has 3 rings (SSSR count). The number of anilines is 1. The zero-order valence-electron chi connectivity index (χ0n) is 14.2. The molecule has 0 unspecified atom stereocenters. The third kappa shape index (κ3) is 3.95. The molecule has 126 valence electrons. The highest BCUT2D eigenvalue weighted by molar-refractivity contribution is 5.96. The van der Waals surface area contributed by atoms with Gasteiger partial charge in [0.25, 0.3) is 5.91 Å². The highest BCUT2D eigenvalue weighted by atomic mass is 16.2. The molecule has 1 heterocycles. The van der Waals surface area contributed by atoms with Crippen LogP contribution in [0.3, 0.4) is 0 Å². The van der Waals surface area contributed by atoms with Gasteiger partial charge >= 0.3 is 0 Å². The van der Waals surface area contributed by atoms with Crippen LogP contribution in [0.5, 0.6) is 0 Å². The molecule has 2 N–H and O–H groups in total. The number of nitrogens with zero attached hydrogens (tertiary/aromatic N) is 2. The van der Waals surface area contributed by atoms with Gasteiger partial charge < -0.3 is 10.6 Å². The fourth-order valence-electron chi connectivity index (χ4n) is 3.21. The Morgan fingerprint density at radius 3 is 2.62 bits per heavy atom. The molecular weight excluding hydrogens is 298 g/mol. The first-order valence-electron chi connectivity index (χ1n) is 8.55. The van der Waals surface area contributed by atoms with E-state index < -0.39 is 0 Å². The minimum absolute atomic E-state index is 0.0985. The molecule has 0 aromatic heterocycles. The van der Waals surface area contributed by atoms with Crippen LogP contribution in [0.1, 0.15) is 27.9 Å². The summed E-state index contributed by atoms with van der Waals surface area (Å²) in [5.41, 5.74) is 9.53. The highest BCUT2D eigenvalue weighted by Crippen LogP contribution is 2.17. The lowest BCUT2D eigenvalue weighted by atomic mass is 10.1. The SMILES string of the molecule is Cc1ccc(N)cc1C(=O)N1CCCN(Cc2ccccc2)CC1. The second-order valence-corrected chi connectivity index (χ2v) is 6.48. The first kappa shape index (κ1) is 16.5. The van der Waals surface area contributed by atoms with Crippen molar-refractivity contribution in [2.75, 3.05) is 31.9 Å². The van der Waals surface area contributed by atoms with Gasteiger partial charge in [-0.25, -0.2) is 0 Å². The normalized spacial score (nSPS) is 16.0. The average Bonchev–Trinajstić information content (AvgIpc) is 2.83. The van der Waals surface area contributed by atoms with E-state index >= 15 is 0 Å². The lowest BCUT2D eigenvalue weighted by Gasteiger charge is -2.23. The second kappa shape index (κ2) is 7.49. The summed E-state index contributed by atoms with van der Waals surface area (Å²) in [5.74, 6) is 0.0985. The van der Waals surface area contributed by atoms with E-state index in [9.17, 15) is 4.79 Å². The third-order valence-electron chi connectivity index (χ3n) is 4.62. The van der Waals surface area contributed by atoms with Crippen LogP contribution >= 0.6 is 0 Å². The number of carbonyl (C=O) groups is 1. The van der Waals surface area contributed by atoms with Crippen molar-refractivity contribution in [1.82, 2.24) is 9.80 Å². The van der Waals surface area contributed by atoms with Crippen LogP contribution in [-0.2, 0) is 6.54 Å². The molecule has 4 nitrogen and oxygen atoms in total. The van der Waals surface area contributed by atoms with Gasteiger partial charge in [0.2, 0.25) is 0 Å². The number of hydrogen-bond acceptors (Lipinski definition) is 3. The Morgan fingerprint density at radius 1 is 1.04 bits per heavy atom. The number of carbonyl (C=O) groups excluding carboxylic acids is 1. The van der Waals surface area contributed by atoms with Crippen molar-refractivity contribution in [2.45, 2.75) is 19.9 Å². The maximum Gasteiger partial charge on any atom is 0.254 e. The summed E-state index contributed by atoms with van der Waals surface area (Å²) < 4.78 is 0. The van der Waals surface area contributed by atoms with Crippen LogP contribution in [0.4, 0.5) is 5.69 Å². The Hall–Kier alpha value is -2.33. The quantitative estimate of drug-likeness (QED) is 0.884. The molecule has 0 aliphatic carbocycles. The van der Waals surface area contributed by atoms with Crippen LogP contribution in [0, 0.1) is 6.92 Å². The number of hydrogen-bond donors (Lipinski definition) is 1. The minimum atomic E-state index is 0.0985. The third-order valence-corrected chi connectivity index (χ3v) is 4.62. The van der Waals surface area contributed by atoms with Crippen molar-refractivity contribution in [3.05, 3.63) is 65.2 Å². The first-order valence-corrected chi connectivity index (χ1v) is 8.55. The van der Waals surface area contributed by atoms with E-state index in [1.165, 1.54) is 5.56 Å². The van der Waals surface area contributed by atoms with Gasteiger partial charge in [-0.3, -0.25) is 9.69 Å². The fourth-order valence-corrected chi connectivity index (χ4v) is 3.21. The predicted molar refractivity (Wildman–Crippen MR) is 97.8 cm³/mol. The molecule has 0 saturated carbocycles. The molecule has 2 aromatic carbocycles. The number of aryl methyl sites for hydroxylation is 1. The van der Waals surface area contributed by atoms with Gasteiger partial charge in [-0.2, -0.15) is 0 Å². The zero-order valence-corrected chi connectivity index (χ0v) is 14.2. The Morgan fingerprint density at radius 2 is 1.83 bits per heavy atom. The lowest BCUT2D eigenvalue weighted by molar-refractivity contribution is 0.0760. The van der Waals surface area contributed by atoms with Crippen molar-refractivity contribution < 1.29 is 4.79 Å². The number of nitrogens with two attached hydrogens (primary N) is 1. The molecular formula is C20H25N3O. The van der Waals surface area contributed by atoms with Crippen molar-refractivity contribution in [2.24, 2.45) is 0 Å². The first-order chi connectivity index (χ1) is 11.6. The lowest BCUT2D eigenvalue weighted by Crippen LogP contribution is -2.35. The van der Waals surface area contributed by atoms with Gasteiger partial charge in [0, 0.05) is 44.0 Å². The maximum atomic E-state index is 12.8. The predicted octanol–water partition coefficient (Wildman–Crippen LogP) is 2.93. The largest absolute Gasteiger partial charge is 0.399 e. The van der Waals surface area contributed by atoms with E-state index in [2.05, 4.69) is 29.2 Å². The van der Waals surface area contributed by atoms with Gasteiger partial charge in [0.05, 0.1) is 0 Å². The van der Waals surface area contributed by atoms with Crippen LogP contribution in [0.15, 0.2) is 48.5 Å². The molecule has 24 heavy (non-hydrogen) atoms. The molecule has 1 fully saturated rings. The monoisotopic (exact) mass is 323 g/mol. The van der Waals surface area contributed by atoms with Crippen LogP contribution in [0.25, 0.3) is 0 Å². The minimum Gasteiger partial charge on any atom is -0.399 e. The van der Waals surface area contributed by atoms with E-state index in [4.69, 9.17) is 5.73 Å². The zero-order chi connectivity index (χ0) is 16.9. The molecule has 4 heteroatoms. The number of nitrogen functional groups attached to an aromatic ring is 1. The Labute approximate surface area is 143 Å². The van der Waals surface area contributed by atoms with E-state index in [-0.39, 0.29) is 5.91 Å². The molecule has 0 spiro atoms. The Kier molecular flexibility index (Phi) is 5.16.